The van der Waals surface area contributed by atoms with Gasteiger partial charge in [0, 0.05) is 29.8 Å². The lowest BCUT2D eigenvalue weighted by molar-refractivity contribution is 0.0477. The first-order valence-electron chi connectivity index (χ1n) is 12.4. The van der Waals surface area contributed by atoms with Crippen LogP contribution in [-0.4, -0.2) is 45.9 Å². The zero-order valence-electron chi connectivity index (χ0n) is 19.5. The zero-order chi connectivity index (χ0) is 23.3. The van der Waals surface area contributed by atoms with E-state index in [0.717, 1.165) is 56.8 Å². The molecule has 176 valence electrons. The summed E-state index contributed by atoms with van der Waals surface area (Å²) in [6.45, 7) is 2.93. The molecule has 0 bridgehead atoms. The van der Waals surface area contributed by atoms with E-state index in [1.807, 2.05) is 30.3 Å². The summed E-state index contributed by atoms with van der Waals surface area (Å²) in [4.78, 5) is 22.8. The first-order chi connectivity index (χ1) is 16.7. The lowest BCUT2D eigenvalue weighted by Gasteiger charge is -2.42. The van der Waals surface area contributed by atoms with Crippen LogP contribution in [0.1, 0.15) is 47.3 Å². The fourth-order valence-electron chi connectivity index (χ4n) is 5.27. The van der Waals surface area contributed by atoms with Crippen LogP contribution in [0.4, 0.5) is 0 Å². The molecule has 1 amide bonds. The number of halogens is 1. The maximum Gasteiger partial charge on any atom is 0.272 e. The Kier molecular flexibility index (Phi) is 7.27. The fraction of sp³-hybridized carbons (Fsp3) is 0.379. The van der Waals surface area contributed by atoms with Gasteiger partial charge >= 0.3 is 0 Å². The Hall–Kier alpha value is -2.69. The zero-order valence-corrected chi connectivity index (χ0v) is 20.3. The molecule has 3 aromatic rings. The molecule has 2 fully saturated rings. The Balaban J connectivity index is 1.35. The topological polar surface area (TPSA) is 36.4 Å². The van der Waals surface area contributed by atoms with E-state index in [9.17, 15) is 4.79 Å². The fourth-order valence-corrected chi connectivity index (χ4v) is 5.47. The van der Waals surface area contributed by atoms with E-state index in [-0.39, 0.29) is 11.9 Å². The van der Waals surface area contributed by atoms with Crippen molar-refractivity contribution in [1.29, 1.82) is 0 Å². The molecular formula is C29H32ClN3O. The number of hydrogen-bond donors (Lipinski definition) is 0. The van der Waals surface area contributed by atoms with Gasteiger partial charge in [-0.2, -0.15) is 0 Å². The predicted octanol–water partition coefficient (Wildman–Crippen LogP) is 5.86. The van der Waals surface area contributed by atoms with Gasteiger partial charge in [0.1, 0.15) is 5.69 Å². The van der Waals surface area contributed by atoms with Crippen molar-refractivity contribution < 1.29 is 4.79 Å². The van der Waals surface area contributed by atoms with E-state index >= 15 is 0 Å². The molecule has 1 aliphatic carbocycles. The number of amides is 1. The number of nitrogens with zero attached hydrogens (tertiary/aromatic N) is 3. The van der Waals surface area contributed by atoms with Crippen molar-refractivity contribution in [3.63, 3.8) is 0 Å². The Labute approximate surface area is 207 Å². The first kappa shape index (κ1) is 23.1. The number of rotatable bonds is 8. The normalized spacial score (nSPS) is 17.9. The van der Waals surface area contributed by atoms with Gasteiger partial charge in [0.15, 0.2) is 0 Å². The smallest absolute Gasteiger partial charge is 0.272 e. The number of aromatic nitrogens is 1. The Morgan fingerprint density at radius 2 is 1.65 bits per heavy atom. The van der Waals surface area contributed by atoms with Crippen molar-refractivity contribution in [2.75, 3.05) is 13.1 Å². The number of carbonyl (C=O) groups excluding carboxylic acids is 1. The van der Waals surface area contributed by atoms with Gasteiger partial charge in [-0.25, -0.2) is 0 Å². The van der Waals surface area contributed by atoms with Crippen molar-refractivity contribution in [3.05, 3.63) is 101 Å². The van der Waals surface area contributed by atoms with E-state index in [2.05, 4.69) is 57.2 Å². The third-order valence-electron chi connectivity index (χ3n) is 7.23. The molecule has 1 saturated heterocycles. The monoisotopic (exact) mass is 473 g/mol. The van der Waals surface area contributed by atoms with Crippen LogP contribution in [0, 0.1) is 5.92 Å². The van der Waals surface area contributed by atoms with Gasteiger partial charge in [-0.1, -0.05) is 66.2 Å². The van der Waals surface area contributed by atoms with E-state index in [1.54, 1.807) is 6.20 Å². The van der Waals surface area contributed by atoms with Crippen LogP contribution in [0.15, 0.2) is 79.0 Å². The minimum absolute atomic E-state index is 0.0857. The molecule has 2 aromatic carbocycles. The highest BCUT2D eigenvalue weighted by atomic mass is 35.5. The average molecular weight is 474 g/mol. The second-order valence-corrected chi connectivity index (χ2v) is 10.0. The van der Waals surface area contributed by atoms with Crippen LogP contribution in [0.3, 0.4) is 0 Å². The van der Waals surface area contributed by atoms with Crippen molar-refractivity contribution in [1.82, 2.24) is 14.8 Å². The third kappa shape index (κ3) is 5.51. The standard InChI is InChI=1S/C29H32ClN3O/c30-26-11-5-4-10-24(26)21-32-18-15-23(16-19-32)28(20-22-8-2-1-3-9-22)33(25-13-14-25)29(34)27-12-6-7-17-31-27/h1-12,17,23,25,28H,13-16,18-21H2/t28-/m0/s1. The largest absolute Gasteiger partial charge is 0.331 e. The minimum atomic E-state index is 0.0857. The van der Waals surface area contributed by atoms with E-state index in [1.165, 1.54) is 11.1 Å². The summed E-state index contributed by atoms with van der Waals surface area (Å²) in [5.41, 5.74) is 3.04. The number of pyridine rings is 1. The maximum atomic E-state index is 13.7. The molecule has 1 aromatic heterocycles. The molecule has 0 radical (unpaired) electrons. The molecule has 1 aliphatic heterocycles. The summed E-state index contributed by atoms with van der Waals surface area (Å²) >= 11 is 6.41. The molecule has 5 heteroatoms. The van der Waals surface area contributed by atoms with Crippen LogP contribution < -0.4 is 0 Å². The SMILES string of the molecule is O=C(c1ccccn1)N(C1CC1)[C@@H](Cc1ccccc1)C1CCN(Cc2ccccc2Cl)CC1. The van der Waals surface area contributed by atoms with Crippen molar-refractivity contribution in [3.8, 4) is 0 Å². The second kappa shape index (κ2) is 10.7. The van der Waals surface area contributed by atoms with E-state index < -0.39 is 0 Å². The predicted molar refractivity (Wildman–Crippen MR) is 137 cm³/mol. The molecule has 1 atom stereocenters. The van der Waals surface area contributed by atoms with Crippen LogP contribution in [0.25, 0.3) is 0 Å². The molecule has 2 heterocycles. The summed E-state index contributed by atoms with van der Waals surface area (Å²) in [5.74, 6) is 0.554. The van der Waals surface area contributed by atoms with Gasteiger partial charge in [0.05, 0.1) is 0 Å². The number of likely N-dealkylation sites (tertiary alicyclic amines) is 1. The molecule has 0 N–H and O–H groups in total. The molecule has 1 saturated carbocycles. The van der Waals surface area contributed by atoms with Gasteiger partial charge in [-0.05, 0) is 80.4 Å². The van der Waals surface area contributed by atoms with Crippen LogP contribution in [0.2, 0.25) is 5.02 Å². The number of hydrogen-bond acceptors (Lipinski definition) is 3. The number of benzene rings is 2. The number of piperidine rings is 1. The molecule has 0 unspecified atom stereocenters. The van der Waals surface area contributed by atoms with Gasteiger partial charge in [-0.3, -0.25) is 14.7 Å². The third-order valence-corrected chi connectivity index (χ3v) is 7.60. The highest BCUT2D eigenvalue weighted by Gasteiger charge is 2.42. The maximum absolute atomic E-state index is 13.7. The summed E-state index contributed by atoms with van der Waals surface area (Å²) in [6, 6.07) is 24.9. The lowest BCUT2D eigenvalue weighted by Crippen LogP contribution is -2.50. The summed E-state index contributed by atoms with van der Waals surface area (Å²) < 4.78 is 0. The Morgan fingerprint density at radius 1 is 0.941 bits per heavy atom. The van der Waals surface area contributed by atoms with Gasteiger partial charge in [-0.15, -0.1) is 0 Å². The minimum Gasteiger partial charge on any atom is -0.331 e. The highest BCUT2D eigenvalue weighted by Crippen LogP contribution is 2.36. The van der Waals surface area contributed by atoms with Crippen molar-refractivity contribution in [2.24, 2.45) is 5.92 Å². The average Bonchev–Trinajstić information content (AvgIpc) is 3.72. The second-order valence-electron chi connectivity index (χ2n) is 9.62. The molecule has 2 aliphatic rings. The van der Waals surface area contributed by atoms with Crippen LogP contribution in [0.5, 0.6) is 0 Å². The highest BCUT2D eigenvalue weighted by molar-refractivity contribution is 6.31. The summed E-state index contributed by atoms with van der Waals surface area (Å²) in [7, 11) is 0. The molecule has 34 heavy (non-hydrogen) atoms. The first-order valence-corrected chi connectivity index (χ1v) is 12.8. The Bertz CT molecular complexity index is 1080. The van der Waals surface area contributed by atoms with Gasteiger partial charge in [0.2, 0.25) is 0 Å². The van der Waals surface area contributed by atoms with Gasteiger partial charge < -0.3 is 4.90 Å². The lowest BCUT2D eigenvalue weighted by atomic mass is 9.84. The molecule has 4 nitrogen and oxygen atoms in total. The Morgan fingerprint density at radius 3 is 2.32 bits per heavy atom. The quantitative estimate of drug-likeness (QED) is 0.411. The van der Waals surface area contributed by atoms with Crippen LogP contribution >= 0.6 is 11.6 Å². The van der Waals surface area contributed by atoms with E-state index in [0.29, 0.717) is 17.7 Å². The summed E-state index contributed by atoms with van der Waals surface area (Å²) in [6.07, 6.45) is 6.97. The number of carbonyl (C=O) groups is 1. The molecule has 5 rings (SSSR count). The molecular weight excluding hydrogens is 442 g/mol. The molecule has 0 spiro atoms. The van der Waals surface area contributed by atoms with Crippen LogP contribution in [-0.2, 0) is 13.0 Å². The summed E-state index contributed by atoms with van der Waals surface area (Å²) in [5, 5.41) is 0.840. The van der Waals surface area contributed by atoms with Gasteiger partial charge in [0.25, 0.3) is 5.91 Å². The van der Waals surface area contributed by atoms with E-state index in [4.69, 9.17) is 11.6 Å². The van der Waals surface area contributed by atoms with Crippen molar-refractivity contribution in [2.45, 2.75) is 50.7 Å². The van der Waals surface area contributed by atoms with Crippen molar-refractivity contribution >= 4 is 17.5 Å².